The van der Waals surface area contributed by atoms with E-state index in [0.717, 1.165) is 39.0 Å². The highest BCUT2D eigenvalue weighted by Crippen LogP contribution is 2.32. The Hall–Kier alpha value is -0.610. The van der Waals surface area contributed by atoms with Crippen molar-refractivity contribution >= 4 is 5.91 Å². The molecule has 0 aromatic heterocycles. The number of likely N-dealkylation sites (N-methyl/N-ethyl adjacent to an activating group) is 1. The number of amides is 1. The van der Waals surface area contributed by atoms with Crippen LogP contribution >= 0.6 is 0 Å². The zero-order valence-corrected chi connectivity index (χ0v) is 12.0. The maximum absolute atomic E-state index is 12.3. The first-order valence-electron chi connectivity index (χ1n) is 7.19. The quantitative estimate of drug-likeness (QED) is 0.813. The van der Waals surface area contributed by atoms with Gasteiger partial charge in [0.1, 0.15) is 0 Å². The molecule has 2 heterocycles. The van der Waals surface area contributed by atoms with Gasteiger partial charge >= 0.3 is 0 Å². The molecule has 2 fully saturated rings. The Morgan fingerprint density at radius 1 is 1.33 bits per heavy atom. The normalized spacial score (nSPS) is 29.6. The molecule has 1 N–H and O–H groups in total. The maximum Gasteiger partial charge on any atom is 0.239 e. The molecule has 18 heavy (non-hydrogen) atoms. The molecule has 1 unspecified atom stereocenters. The maximum atomic E-state index is 12.3. The summed E-state index contributed by atoms with van der Waals surface area (Å²) >= 11 is 0. The molecule has 0 bridgehead atoms. The molecule has 0 aromatic carbocycles. The topological polar surface area (TPSA) is 35.6 Å². The van der Waals surface area contributed by atoms with E-state index in [0.29, 0.717) is 11.3 Å². The van der Waals surface area contributed by atoms with E-state index >= 15 is 0 Å². The fourth-order valence-electron chi connectivity index (χ4n) is 3.14. The highest BCUT2D eigenvalue weighted by molar-refractivity contribution is 5.82. The van der Waals surface area contributed by atoms with Crippen LogP contribution in [0.2, 0.25) is 0 Å². The minimum absolute atomic E-state index is 0.0496. The second kappa shape index (κ2) is 5.57. The van der Waals surface area contributed by atoms with E-state index in [1.54, 1.807) is 0 Å². The summed E-state index contributed by atoms with van der Waals surface area (Å²) in [6, 6.07) is 0.0496. The van der Waals surface area contributed by atoms with Gasteiger partial charge in [-0.3, -0.25) is 4.79 Å². The lowest BCUT2D eigenvalue weighted by Crippen LogP contribution is -2.53. The van der Waals surface area contributed by atoms with Gasteiger partial charge in [-0.2, -0.15) is 0 Å². The number of carbonyl (C=O) groups excluding carboxylic acids is 1. The molecule has 2 aliphatic rings. The second-order valence-corrected chi connectivity index (χ2v) is 6.36. The Labute approximate surface area is 111 Å². The number of hydrogen-bond acceptors (Lipinski definition) is 3. The Bertz CT molecular complexity index is 297. The first-order valence-corrected chi connectivity index (χ1v) is 7.19. The molecule has 104 valence electrons. The molecule has 1 atom stereocenters. The van der Waals surface area contributed by atoms with Crippen molar-refractivity contribution < 1.29 is 4.79 Å². The van der Waals surface area contributed by atoms with Crippen molar-refractivity contribution in [2.75, 3.05) is 40.3 Å². The van der Waals surface area contributed by atoms with Gasteiger partial charge in [0.05, 0.1) is 6.04 Å². The third-order valence-corrected chi connectivity index (χ3v) is 4.65. The van der Waals surface area contributed by atoms with Crippen LogP contribution in [0, 0.1) is 5.41 Å². The molecule has 4 nitrogen and oxygen atoms in total. The predicted octanol–water partition coefficient (Wildman–Crippen LogP) is 0.929. The standard InChI is InChI=1S/C14H27N3O/c1-14(6-9-16(3)10-7-14)11-17-8-4-5-12(15-2)13(17)18/h12,15H,4-11H2,1-3H3. The highest BCUT2D eigenvalue weighted by atomic mass is 16.2. The van der Waals surface area contributed by atoms with Crippen LogP contribution in [-0.2, 0) is 4.79 Å². The molecule has 0 saturated carbocycles. The molecule has 1 amide bonds. The molecule has 4 heteroatoms. The minimum Gasteiger partial charge on any atom is -0.341 e. The van der Waals surface area contributed by atoms with E-state index in [4.69, 9.17) is 0 Å². The SMILES string of the molecule is CNC1CCCN(CC2(C)CCN(C)CC2)C1=O. The van der Waals surface area contributed by atoms with Crippen LogP contribution in [0.3, 0.4) is 0 Å². The van der Waals surface area contributed by atoms with Gasteiger partial charge in [-0.05, 0) is 58.3 Å². The van der Waals surface area contributed by atoms with Gasteiger partial charge < -0.3 is 15.1 Å². The van der Waals surface area contributed by atoms with Crippen LogP contribution < -0.4 is 5.32 Å². The van der Waals surface area contributed by atoms with Crippen LogP contribution in [0.5, 0.6) is 0 Å². The first-order chi connectivity index (χ1) is 8.54. The molecule has 0 aromatic rings. The first kappa shape index (κ1) is 13.8. The minimum atomic E-state index is 0.0496. The average molecular weight is 253 g/mol. The van der Waals surface area contributed by atoms with E-state index in [9.17, 15) is 4.79 Å². The van der Waals surface area contributed by atoms with Gasteiger partial charge in [0.15, 0.2) is 0 Å². The van der Waals surface area contributed by atoms with Gasteiger partial charge in [-0.25, -0.2) is 0 Å². The fourth-order valence-corrected chi connectivity index (χ4v) is 3.14. The Balaban J connectivity index is 1.93. The van der Waals surface area contributed by atoms with Crippen molar-refractivity contribution in [3.05, 3.63) is 0 Å². The molecule has 0 aliphatic carbocycles. The molecular weight excluding hydrogens is 226 g/mol. The zero-order valence-electron chi connectivity index (χ0n) is 12.0. The van der Waals surface area contributed by atoms with Crippen LogP contribution in [-0.4, -0.2) is 62.0 Å². The summed E-state index contributed by atoms with van der Waals surface area (Å²) in [4.78, 5) is 16.8. The molecule has 0 radical (unpaired) electrons. The van der Waals surface area contributed by atoms with Crippen molar-refractivity contribution in [1.29, 1.82) is 0 Å². The third kappa shape index (κ3) is 3.04. The molecular formula is C14H27N3O. The Kier molecular flexibility index (Phi) is 4.28. The van der Waals surface area contributed by atoms with Crippen molar-refractivity contribution in [2.24, 2.45) is 5.41 Å². The second-order valence-electron chi connectivity index (χ2n) is 6.36. The highest BCUT2D eigenvalue weighted by Gasteiger charge is 2.35. The van der Waals surface area contributed by atoms with E-state index in [1.165, 1.54) is 12.8 Å². The Morgan fingerprint density at radius 3 is 2.61 bits per heavy atom. The molecule has 2 saturated heterocycles. The lowest BCUT2D eigenvalue weighted by atomic mass is 9.79. The largest absolute Gasteiger partial charge is 0.341 e. The van der Waals surface area contributed by atoms with E-state index < -0.39 is 0 Å². The van der Waals surface area contributed by atoms with E-state index in [-0.39, 0.29) is 6.04 Å². The summed E-state index contributed by atoms with van der Waals surface area (Å²) in [6.45, 7) is 6.55. The van der Waals surface area contributed by atoms with Gasteiger partial charge in [0.2, 0.25) is 5.91 Å². The zero-order chi connectivity index (χ0) is 13.2. The van der Waals surface area contributed by atoms with Crippen LogP contribution in [0.25, 0.3) is 0 Å². The van der Waals surface area contributed by atoms with Crippen molar-refractivity contribution in [2.45, 2.75) is 38.6 Å². The summed E-state index contributed by atoms with van der Waals surface area (Å²) in [5, 5.41) is 3.14. The lowest BCUT2D eigenvalue weighted by molar-refractivity contribution is -0.138. The summed E-state index contributed by atoms with van der Waals surface area (Å²) in [7, 11) is 4.08. The van der Waals surface area contributed by atoms with E-state index in [1.807, 2.05) is 7.05 Å². The number of hydrogen-bond donors (Lipinski definition) is 1. The van der Waals surface area contributed by atoms with Crippen LogP contribution in [0.4, 0.5) is 0 Å². The monoisotopic (exact) mass is 253 g/mol. The summed E-state index contributed by atoms with van der Waals surface area (Å²) in [5.41, 5.74) is 0.317. The van der Waals surface area contributed by atoms with Crippen molar-refractivity contribution in [3.63, 3.8) is 0 Å². The van der Waals surface area contributed by atoms with Crippen molar-refractivity contribution in [3.8, 4) is 0 Å². The summed E-state index contributed by atoms with van der Waals surface area (Å²) < 4.78 is 0. The predicted molar refractivity (Wildman–Crippen MR) is 73.5 cm³/mol. The van der Waals surface area contributed by atoms with Gasteiger partial charge in [-0.1, -0.05) is 6.92 Å². The molecule has 2 rings (SSSR count). The number of rotatable bonds is 3. The van der Waals surface area contributed by atoms with Gasteiger partial charge in [-0.15, -0.1) is 0 Å². The number of nitrogens with zero attached hydrogens (tertiary/aromatic N) is 2. The lowest BCUT2D eigenvalue weighted by Gasteiger charge is -2.43. The number of piperidine rings is 2. The van der Waals surface area contributed by atoms with Crippen LogP contribution in [0.15, 0.2) is 0 Å². The third-order valence-electron chi connectivity index (χ3n) is 4.65. The average Bonchev–Trinajstić information content (AvgIpc) is 2.36. The van der Waals surface area contributed by atoms with E-state index in [2.05, 4.69) is 29.1 Å². The number of nitrogens with one attached hydrogen (secondary N) is 1. The van der Waals surface area contributed by atoms with Crippen molar-refractivity contribution in [1.82, 2.24) is 15.1 Å². The summed E-state index contributed by atoms with van der Waals surface area (Å²) in [5.74, 6) is 0.309. The fraction of sp³-hybridized carbons (Fsp3) is 0.929. The van der Waals surface area contributed by atoms with Gasteiger partial charge in [0, 0.05) is 13.1 Å². The molecule has 2 aliphatic heterocycles. The van der Waals surface area contributed by atoms with Gasteiger partial charge in [0.25, 0.3) is 0 Å². The molecule has 0 spiro atoms. The smallest absolute Gasteiger partial charge is 0.239 e. The summed E-state index contributed by atoms with van der Waals surface area (Å²) in [6.07, 6.45) is 4.54. The van der Waals surface area contributed by atoms with Crippen LogP contribution in [0.1, 0.15) is 32.6 Å². The Morgan fingerprint density at radius 2 is 2.00 bits per heavy atom. The number of carbonyl (C=O) groups is 1. The number of likely N-dealkylation sites (tertiary alicyclic amines) is 2.